The zero-order chi connectivity index (χ0) is 9.35. The van der Waals surface area contributed by atoms with Crippen LogP contribution in [0.5, 0.6) is 0 Å². The summed E-state index contributed by atoms with van der Waals surface area (Å²) < 4.78 is 26.3. The number of carboxylic acid groups (broad SMARTS) is 1. The number of halogens is 2. The van der Waals surface area contributed by atoms with Gasteiger partial charge in [-0.1, -0.05) is 0 Å². The number of hydrogen-bond donors (Lipinski definition) is 1. The number of aliphatic carboxylic acids is 1. The van der Waals surface area contributed by atoms with Crippen LogP contribution in [0.3, 0.4) is 0 Å². The molecule has 0 aromatic carbocycles. The van der Waals surface area contributed by atoms with E-state index in [4.69, 9.17) is 5.11 Å². The summed E-state index contributed by atoms with van der Waals surface area (Å²) in [4.78, 5) is 13.3. The van der Waals surface area contributed by atoms with E-state index in [0.29, 0.717) is 0 Å². The molecule has 0 aliphatic rings. The van der Waals surface area contributed by atoms with Crippen molar-refractivity contribution in [2.24, 2.45) is 7.05 Å². The fourth-order valence-corrected chi connectivity index (χ4v) is 0.764. The Morgan fingerprint density at radius 3 is 2.62 bits per heavy atom. The molecule has 1 aromatic heterocycles. The van der Waals surface area contributed by atoms with Gasteiger partial charge < -0.3 is 9.67 Å². The molecule has 4 nitrogen and oxygen atoms in total. The van der Waals surface area contributed by atoms with Gasteiger partial charge in [0.1, 0.15) is 0 Å². The van der Waals surface area contributed by atoms with Gasteiger partial charge in [-0.15, -0.1) is 0 Å². The molecule has 69 valence electrons. The van der Waals surface area contributed by atoms with Crippen molar-refractivity contribution < 1.29 is 20.1 Å². The van der Waals surface area contributed by atoms with Gasteiger partial charge in [0.15, 0.2) is 5.82 Å². The third kappa shape index (κ3) is 2.08. The van der Waals surface area contributed by atoms with Crippen LogP contribution in [-0.4, -0.2) is 39.5 Å². The molecule has 0 saturated carbocycles. The molecule has 0 saturated heterocycles. The molecule has 0 bridgehead atoms. The Morgan fingerprint density at radius 1 is 1.77 bits per heavy atom. The van der Waals surface area contributed by atoms with Gasteiger partial charge in [0.05, 0.1) is 0 Å². The zero-order valence-electron chi connectivity index (χ0n) is 7.16. The summed E-state index contributed by atoms with van der Waals surface area (Å²) >= 11 is 0. The monoisotopic (exact) mass is 185 g/mol. The Balaban J connectivity index is 0. The molecule has 1 radical (unpaired) electrons. The number of carboxylic acids is 1. The van der Waals surface area contributed by atoms with E-state index < -0.39 is 17.7 Å². The Bertz CT molecular complexity index is 319. The molecule has 0 aliphatic heterocycles. The van der Waals surface area contributed by atoms with Crippen LogP contribution in [0, 0.1) is 0 Å². The maximum Gasteiger partial charge on any atom is 0.399 e. The van der Waals surface area contributed by atoms with Gasteiger partial charge in [0.25, 0.3) is 0 Å². The van der Waals surface area contributed by atoms with Crippen LogP contribution in [0.15, 0.2) is 12.4 Å². The second kappa shape index (κ2) is 3.90. The number of aromatic nitrogens is 2. The fraction of sp³-hybridized carbons (Fsp3) is 0.333. The Morgan fingerprint density at radius 2 is 2.31 bits per heavy atom. The van der Waals surface area contributed by atoms with Crippen LogP contribution >= 0.6 is 0 Å². The Kier molecular flexibility index (Phi) is 3.64. The maximum atomic E-state index is 12.7. The smallest absolute Gasteiger partial charge is 0.399 e. The van der Waals surface area contributed by atoms with E-state index in [1.807, 2.05) is 0 Å². The Labute approximate surface area is 86.2 Å². The van der Waals surface area contributed by atoms with E-state index in [9.17, 15) is 13.6 Å². The molecule has 0 atom stereocenters. The predicted octanol–water partition coefficient (Wildman–Crippen LogP) is 0.462. The van der Waals surface area contributed by atoms with Crippen molar-refractivity contribution in [1.82, 2.24) is 9.55 Å². The van der Waals surface area contributed by atoms with Gasteiger partial charge in [-0.3, -0.25) is 0 Å². The van der Waals surface area contributed by atoms with E-state index in [0.717, 1.165) is 10.8 Å². The molecule has 0 aliphatic carbocycles. The molecular weight excluding hydrogens is 177 g/mol. The summed E-state index contributed by atoms with van der Waals surface area (Å²) in [6.45, 7) is 0. The number of hydrogen-bond acceptors (Lipinski definition) is 2. The molecule has 0 fully saturated rings. The average Bonchev–Trinajstić information content (AvgIpc) is 2.35. The number of alkyl halides is 2. The van der Waals surface area contributed by atoms with Gasteiger partial charge in [-0.05, 0) is 0 Å². The van der Waals surface area contributed by atoms with Crippen molar-refractivity contribution in [3.63, 3.8) is 0 Å². The maximum absolute atomic E-state index is 12.7. The summed E-state index contributed by atoms with van der Waals surface area (Å²) in [6, 6.07) is 0. The first kappa shape index (κ1) is 12.1. The minimum atomic E-state index is -3.92. The third-order valence-corrected chi connectivity index (χ3v) is 1.37. The van der Waals surface area contributed by atoms with Gasteiger partial charge in [-0.25, -0.2) is 9.78 Å². The molecule has 0 amide bonds. The SMILES string of the molecule is Cn1ccnc1C(F)(F)C(=O)O.[HH].[Li]. The van der Waals surface area contributed by atoms with E-state index in [1.54, 1.807) is 0 Å². The van der Waals surface area contributed by atoms with E-state index in [-0.39, 0.29) is 20.3 Å². The molecule has 13 heavy (non-hydrogen) atoms. The number of rotatable bonds is 2. The number of aryl methyl sites for hydroxylation is 1. The first-order valence-corrected chi connectivity index (χ1v) is 3.05. The van der Waals surface area contributed by atoms with E-state index in [2.05, 4.69) is 4.98 Å². The molecular formula is C6H8F2LiN2O2. The van der Waals surface area contributed by atoms with Crippen molar-refractivity contribution in [3.8, 4) is 0 Å². The molecule has 1 rings (SSSR count). The van der Waals surface area contributed by atoms with Gasteiger partial charge in [-0.2, -0.15) is 8.78 Å². The summed E-state index contributed by atoms with van der Waals surface area (Å²) in [6.07, 6.45) is 2.37. The zero-order valence-corrected chi connectivity index (χ0v) is 7.16. The summed E-state index contributed by atoms with van der Waals surface area (Å²) in [5.41, 5.74) is 0. The normalized spacial score (nSPS) is 10.7. The van der Waals surface area contributed by atoms with Crippen molar-refractivity contribution >= 4 is 24.8 Å². The van der Waals surface area contributed by atoms with Gasteiger partial charge in [0.2, 0.25) is 0 Å². The van der Waals surface area contributed by atoms with Gasteiger partial charge >= 0.3 is 11.9 Å². The van der Waals surface area contributed by atoms with Crippen molar-refractivity contribution in [2.75, 3.05) is 0 Å². The number of nitrogens with zero attached hydrogens (tertiary/aromatic N) is 2. The quantitative estimate of drug-likeness (QED) is 0.681. The molecule has 0 spiro atoms. The Hall–Kier alpha value is -0.863. The summed E-state index contributed by atoms with van der Waals surface area (Å²) in [5, 5.41) is 8.13. The van der Waals surface area contributed by atoms with Crippen molar-refractivity contribution in [1.29, 1.82) is 0 Å². The van der Waals surface area contributed by atoms with Crippen LogP contribution in [0.2, 0.25) is 0 Å². The standard InChI is InChI=1S/C6H6F2N2O2.Li.H2/c1-10-3-2-9-4(10)6(7,8)5(11)12;;/h2-3H,1H3,(H,11,12);;1H. The van der Waals surface area contributed by atoms with E-state index >= 15 is 0 Å². The number of imidazole rings is 1. The molecule has 1 aromatic rings. The van der Waals surface area contributed by atoms with Crippen LogP contribution in [0.25, 0.3) is 0 Å². The summed E-state index contributed by atoms with van der Waals surface area (Å²) in [5.74, 6) is -6.88. The van der Waals surface area contributed by atoms with Crippen LogP contribution in [0.4, 0.5) is 8.78 Å². The average molecular weight is 185 g/mol. The topological polar surface area (TPSA) is 55.1 Å². The fourth-order valence-electron chi connectivity index (χ4n) is 0.764. The predicted molar refractivity (Wildman–Crippen MR) is 42.6 cm³/mol. The molecule has 1 N–H and O–H groups in total. The second-order valence-electron chi connectivity index (χ2n) is 2.24. The largest absolute Gasteiger partial charge is 0.476 e. The third-order valence-electron chi connectivity index (χ3n) is 1.37. The minimum Gasteiger partial charge on any atom is -0.476 e. The first-order chi connectivity index (χ1) is 5.46. The molecule has 0 unspecified atom stereocenters. The minimum absolute atomic E-state index is 0. The van der Waals surface area contributed by atoms with Crippen molar-refractivity contribution in [3.05, 3.63) is 18.2 Å². The second-order valence-corrected chi connectivity index (χ2v) is 2.24. The first-order valence-electron chi connectivity index (χ1n) is 3.05. The van der Waals surface area contributed by atoms with Crippen molar-refractivity contribution in [2.45, 2.75) is 5.92 Å². The van der Waals surface area contributed by atoms with E-state index in [1.165, 1.54) is 13.2 Å². The molecule has 7 heteroatoms. The molecule has 1 heterocycles. The number of carbonyl (C=O) groups is 1. The summed E-state index contributed by atoms with van der Waals surface area (Å²) in [7, 11) is 1.30. The van der Waals surface area contributed by atoms with Crippen LogP contribution in [-0.2, 0) is 17.8 Å². The van der Waals surface area contributed by atoms with Gasteiger partial charge in [0, 0.05) is 39.7 Å². The van der Waals surface area contributed by atoms with Crippen LogP contribution < -0.4 is 0 Å². The van der Waals surface area contributed by atoms with Crippen LogP contribution in [0.1, 0.15) is 7.25 Å².